The third-order valence-corrected chi connectivity index (χ3v) is 2.25. The molecule has 1 N–H and O–H groups in total. The summed E-state index contributed by atoms with van der Waals surface area (Å²) in [5.41, 5.74) is 7.04. The van der Waals surface area contributed by atoms with Crippen LogP contribution < -0.4 is 0 Å². The number of aliphatic hydroxyl groups is 1. The van der Waals surface area contributed by atoms with Crippen LogP contribution in [-0.2, 0) is 14.2 Å². The van der Waals surface area contributed by atoms with Gasteiger partial charge in [0.1, 0.15) is 20.1 Å². The number of hydrogen-bond acceptors (Lipinski definition) is 5. The van der Waals surface area contributed by atoms with Crippen molar-refractivity contribution in [2.45, 2.75) is 23.9 Å². The molecule has 1 fully saturated rings. The van der Waals surface area contributed by atoms with Crippen molar-refractivity contribution in [2.24, 2.45) is 5.11 Å². The van der Waals surface area contributed by atoms with E-state index in [1.54, 1.807) is 0 Å². The first-order chi connectivity index (χ1) is 7.11. The summed E-state index contributed by atoms with van der Waals surface area (Å²) in [5.74, 6) is 0. The molecular formula is C7H12BN3O4. The third-order valence-electron chi connectivity index (χ3n) is 2.25. The van der Waals surface area contributed by atoms with E-state index in [9.17, 15) is 5.11 Å². The second-order valence-electron chi connectivity index (χ2n) is 3.20. The Balaban J connectivity index is 3.00. The fraction of sp³-hybridized carbons (Fsp3) is 1.00. The number of aliphatic hydroxyl groups excluding tert-OH is 1. The van der Waals surface area contributed by atoms with Gasteiger partial charge in [-0.25, -0.2) is 0 Å². The number of rotatable bonds is 4. The average Bonchev–Trinajstić information content (AvgIpc) is 2.40. The van der Waals surface area contributed by atoms with Gasteiger partial charge in [0.2, 0.25) is 0 Å². The van der Waals surface area contributed by atoms with Gasteiger partial charge in [0.05, 0.1) is 6.61 Å². The lowest BCUT2D eigenvalue weighted by molar-refractivity contribution is -0.115. The molecule has 7 nitrogen and oxygen atoms in total. The zero-order valence-corrected chi connectivity index (χ0v) is 8.53. The standard InChI is InChI=1S/C7H12BN3O4/c1-13-3-7(10-11-9)5(14-2)4(12)6(8)15-7/h4-6,12H,3H2,1-2H3/t4-,5?,6+,7+/m0/s1. The maximum absolute atomic E-state index is 9.63. The van der Waals surface area contributed by atoms with E-state index in [0.29, 0.717) is 0 Å². The maximum atomic E-state index is 9.63. The first-order valence-electron chi connectivity index (χ1n) is 4.30. The average molecular weight is 213 g/mol. The van der Waals surface area contributed by atoms with Gasteiger partial charge in [-0.05, 0) is 5.53 Å². The van der Waals surface area contributed by atoms with E-state index < -0.39 is 23.9 Å². The summed E-state index contributed by atoms with van der Waals surface area (Å²) in [6, 6.07) is -0.962. The number of azide groups is 1. The minimum atomic E-state index is -1.41. The van der Waals surface area contributed by atoms with E-state index in [1.807, 2.05) is 0 Å². The van der Waals surface area contributed by atoms with E-state index in [4.69, 9.17) is 27.6 Å². The number of hydrogen-bond donors (Lipinski definition) is 1. The molecule has 1 aliphatic heterocycles. The van der Waals surface area contributed by atoms with Crippen molar-refractivity contribution in [3.8, 4) is 0 Å². The van der Waals surface area contributed by atoms with Gasteiger partial charge in [-0.2, -0.15) is 0 Å². The minimum absolute atomic E-state index is 0.0413. The van der Waals surface area contributed by atoms with Crippen molar-refractivity contribution < 1.29 is 19.3 Å². The predicted octanol–water partition coefficient (Wildman–Crippen LogP) is -0.460. The van der Waals surface area contributed by atoms with E-state index >= 15 is 0 Å². The molecule has 15 heavy (non-hydrogen) atoms. The Morgan fingerprint density at radius 1 is 1.67 bits per heavy atom. The summed E-state index contributed by atoms with van der Waals surface area (Å²) in [6.07, 6.45) is -1.90. The van der Waals surface area contributed by atoms with E-state index in [-0.39, 0.29) is 6.61 Å². The molecule has 0 saturated carbocycles. The van der Waals surface area contributed by atoms with Crippen LogP contribution in [0.1, 0.15) is 0 Å². The highest BCUT2D eigenvalue weighted by atomic mass is 16.6. The topological polar surface area (TPSA) is 96.7 Å². The quantitative estimate of drug-likeness (QED) is 0.295. The van der Waals surface area contributed by atoms with Crippen LogP contribution in [0.25, 0.3) is 10.4 Å². The monoisotopic (exact) mass is 213 g/mol. The molecule has 1 rings (SSSR count). The molecule has 1 unspecified atom stereocenters. The molecule has 0 aliphatic carbocycles. The summed E-state index contributed by atoms with van der Waals surface area (Å²) in [6.45, 7) is -0.0413. The van der Waals surface area contributed by atoms with Crippen LogP contribution in [0.15, 0.2) is 5.11 Å². The Morgan fingerprint density at radius 3 is 2.80 bits per heavy atom. The van der Waals surface area contributed by atoms with Crippen LogP contribution in [0.4, 0.5) is 0 Å². The highest BCUT2D eigenvalue weighted by Gasteiger charge is 2.53. The first-order valence-corrected chi connectivity index (χ1v) is 4.30. The van der Waals surface area contributed by atoms with Crippen molar-refractivity contribution in [1.29, 1.82) is 0 Å². The van der Waals surface area contributed by atoms with E-state index in [2.05, 4.69) is 10.0 Å². The van der Waals surface area contributed by atoms with Crippen LogP contribution in [0.3, 0.4) is 0 Å². The van der Waals surface area contributed by atoms with Gasteiger partial charge in [-0.3, -0.25) is 0 Å². The molecule has 0 bridgehead atoms. The third kappa shape index (κ3) is 2.09. The van der Waals surface area contributed by atoms with Crippen molar-refractivity contribution in [3.63, 3.8) is 0 Å². The molecule has 8 heteroatoms. The zero-order chi connectivity index (χ0) is 11.5. The zero-order valence-electron chi connectivity index (χ0n) is 8.53. The summed E-state index contributed by atoms with van der Waals surface area (Å²) >= 11 is 0. The Kier molecular flexibility index (Phi) is 3.95. The van der Waals surface area contributed by atoms with E-state index in [0.717, 1.165) is 0 Å². The Bertz CT molecular complexity index is 273. The molecule has 0 aromatic heterocycles. The predicted molar refractivity (Wildman–Crippen MR) is 51.2 cm³/mol. The largest absolute Gasteiger partial charge is 0.388 e. The Morgan fingerprint density at radius 2 is 2.33 bits per heavy atom. The van der Waals surface area contributed by atoms with Crippen LogP contribution in [0.5, 0.6) is 0 Å². The maximum Gasteiger partial charge on any atom is 0.198 e. The normalized spacial score (nSPS) is 40.1. The second-order valence-corrected chi connectivity index (χ2v) is 3.20. The molecule has 4 atom stereocenters. The second kappa shape index (κ2) is 4.83. The van der Waals surface area contributed by atoms with Gasteiger partial charge in [-0.1, -0.05) is 5.11 Å². The summed E-state index contributed by atoms with van der Waals surface area (Å²) in [4.78, 5) is 2.65. The molecular weight excluding hydrogens is 201 g/mol. The molecule has 0 aromatic carbocycles. The lowest BCUT2D eigenvalue weighted by atomic mass is 9.92. The van der Waals surface area contributed by atoms with Crippen LogP contribution in [-0.4, -0.2) is 57.7 Å². The SMILES string of the molecule is [B][C@@H]1O[C@@](COC)(N=[N+]=[N-])C(OC)[C@@H]1O. The van der Waals surface area contributed by atoms with Crippen molar-refractivity contribution in [2.75, 3.05) is 20.8 Å². The molecule has 1 heterocycles. The number of nitrogens with zero attached hydrogens (tertiary/aromatic N) is 3. The van der Waals surface area contributed by atoms with Crippen molar-refractivity contribution in [1.82, 2.24) is 0 Å². The summed E-state index contributed by atoms with van der Waals surface area (Å²) in [5, 5.41) is 13.1. The molecule has 1 saturated heterocycles. The lowest BCUT2D eigenvalue weighted by Crippen LogP contribution is -2.46. The molecule has 1 aliphatic rings. The lowest BCUT2D eigenvalue weighted by Gasteiger charge is -2.28. The molecule has 0 spiro atoms. The van der Waals surface area contributed by atoms with Gasteiger partial charge in [0.25, 0.3) is 0 Å². The Labute approximate surface area is 88.3 Å². The van der Waals surface area contributed by atoms with Crippen molar-refractivity contribution >= 4 is 7.85 Å². The van der Waals surface area contributed by atoms with Gasteiger partial charge < -0.3 is 19.3 Å². The fourth-order valence-electron chi connectivity index (χ4n) is 1.64. The molecule has 82 valence electrons. The van der Waals surface area contributed by atoms with Crippen LogP contribution >= 0.6 is 0 Å². The highest BCUT2D eigenvalue weighted by molar-refractivity contribution is 6.11. The summed E-state index contributed by atoms with van der Waals surface area (Å²) < 4.78 is 15.1. The van der Waals surface area contributed by atoms with Gasteiger partial charge >= 0.3 is 0 Å². The first kappa shape index (κ1) is 12.3. The number of ether oxygens (including phenoxy) is 3. The van der Waals surface area contributed by atoms with Gasteiger partial charge in [-0.15, -0.1) is 0 Å². The van der Waals surface area contributed by atoms with Gasteiger partial charge in [0.15, 0.2) is 5.72 Å². The minimum Gasteiger partial charge on any atom is -0.388 e. The van der Waals surface area contributed by atoms with Crippen LogP contribution in [0.2, 0.25) is 0 Å². The van der Waals surface area contributed by atoms with E-state index in [1.165, 1.54) is 14.2 Å². The summed E-state index contributed by atoms with van der Waals surface area (Å²) in [7, 11) is 8.27. The van der Waals surface area contributed by atoms with Crippen molar-refractivity contribution in [3.05, 3.63) is 10.4 Å². The Hall–Kier alpha value is -0.785. The van der Waals surface area contributed by atoms with Crippen LogP contribution in [0, 0.1) is 0 Å². The number of methoxy groups -OCH3 is 2. The fourth-order valence-corrected chi connectivity index (χ4v) is 1.64. The highest BCUT2D eigenvalue weighted by Crippen LogP contribution is 2.33. The van der Waals surface area contributed by atoms with Gasteiger partial charge in [0, 0.05) is 25.1 Å². The smallest absolute Gasteiger partial charge is 0.198 e. The molecule has 0 amide bonds. The molecule has 0 aromatic rings. The molecule has 2 radical (unpaired) electrons.